The van der Waals surface area contributed by atoms with Crippen LogP contribution in [-0.2, 0) is 34.8 Å². The molecule has 1 aliphatic heterocycles. The van der Waals surface area contributed by atoms with Crippen LogP contribution in [0.15, 0.2) is 46.8 Å². The molecule has 2 rings (SSSR count). The van der Waals surface area contributed by atoms with Gasteiger partial charge in [-0.15, -0.1) is 0 Å². The van der Waals surface area contributed by atoms with E-state index in [9.17, 15) is 36.7 Å². The van der Waals surface area contributed by atoms with Crippen LogP contribution >= 0.6 is 11.6 Å². The molecule has 1 aromatic rings. The van der Waals surface area contributed by atoms with Gasteiger partial charge in [-0.25, -0.2) is 28.0 Å². The molecule has 0 fully saturated rings. The highest BCUT2D eigenvalue weighted by Crippen LogP contribution is 2.48. The van der Waals surface area contributed by atoms with Crippen molar-refractivity contribution in [3.05, 3.63) is 68.8 Å². The number of alkyl halides is 4. The molecule has 0 amide bonds. The van der Waals surface area contributed by atoms with Gasteiger partial charge in [0.1, 0.15) is 12.5 Å². The average molecular weight is 627 g/mol. The van der Waals surface area contributed by atoms with Gasteiger partial charge in [0.2, 0.25) is 0 Å². The number of ether oxygens (including phenoxy) is 2. The molecule has 0 bridgehead atoms. The monoisotopic (exact) mass is 626 g/mol. The molecule has 1 unspecified atom stereocenters. The molecule has 1 heterocycles. The number of carboxylic acid groups (broad SMARTS) is 2. The number of carboxylic acids is 2. The number of methoxy groups -OCH3 is 1. The van der Waals surface area contributed by atoms with Crippen LogP contribution in [-0.4, -0.2) is 61.0 Å². The molecule has 0 radical (unpaired) electrons. The predicted octanol–water partition coefficient (Wildman–Crippen LogP) is 4.24. The number of rotatable bonds is 11. The van der Waals surface area contributed by atoms with Gasteiger partial charge in [-0.3, -0.25) is 0 Å². The number of hydrogen-bond acceptors (Lipinski definition) is 8. The average Bonchev–Trinajstić information content (AvgIpc) is 2.91. The quantitative estimate of drug-likeness (QED) is 0.121. The van der Waals surface area contributed by atoms with E-state index >= 15 is 4.39 Å². The van der Waals surface area contributed by atoms with Crippen molar-refractivity contribution in [2.75, 3.05) is 26.9 Å². The number of allylic oxidation sites excluding steroid dienone is 2. The van der Waals surface area contributed by atoms with Gasteiger partial charge in [0.25, 0.3) is 0 Å². The number of nitrogens with two attached hydrogens (primary N) is 1. The smallest absolute Gasteiger partial charge is 0.418 e. The number of benzene rings is 1. The molecule has 16 heteroatoms. The van der Waals surface area contributed by atoms with Crippen LogP contribution in [0, 0.1) is 5.82 Å². The number of carbonyl (C=O) groups excluding carboxylic acids is 2. The fraction of sp³-hybridized carbons (Fsp3) is 0.385. The topological polar surface area (TPSA) is 165 Å². The van der Waals surface area contributed by atoms with E-state index in [1.165, 1.54) is 6.92 Å². The van der Waals surface area contributed by atoms with Gasteiger partial charge in [0.05, 0.1) is 47.1 Å². The highest BCUT2D eigenvalue weighted by atomic mass is 35.5. The summed E-state index contributed by atoms with van der Waals surface area (Å²) in [5.74, 6) is -8.26. The second-order valence-electron chi connectivity index (χ2n) is 8.26. The lowest BCUT2D eigenvalue weighted by molar-refractivity contribution is -0.141. The van der Waals surface area contributed by atoms with Gasteiger partial charge < -0.3 is 30.7 Å². The van der Waals surface area contributed by atoms with Gasteiger partial charge >= 0.3 is 30.1 Å². The van der Waals surface area contributed by atoms with E-state index in [0.29, 0.717) is 37.1 Å². The Labute approximate surface area is 241 Å². The Hall–Kier alpha value is -3.98. The van der Waals surface area contributed by atoms with Crippen molar-refractivity contribution in [1.82, 2.24) is 5.32 Å². The summed E-state index contributed by atoms with van der Waals surface area (Å²) in [6.07, 6.45) is -3.17. The molecule has 1 aliphatic rings. The molecule has 0 saturated heterocycles. The summed E-state index contributed by atoms with van der Waals surface area (Å²) in [6, 6.07) is 1.38. The van der Waals surface area contributed by atoms with Crippen LogP contribution in [0.4, 0.5) is 22.0 Å². The third kappa shape index (κ3) is 9.55. The first kappa shape index (κ1) is 36.0. The van der Waals surface area contributed by atoms with E-state index in [0.717, 1.165) is 7.11 Å². The van der Waals surface area contributed by atoms with Crippen LogP contribution in [0.3, 0.4) is 0 Å². The maximum Gasteiger partial charge on any atom is 0.418 e. The van der Waals surface area contributed by atoms with Gasteiger partial charge in [0, 0.05) is 23.4 Å². The molecule has 0 saturated carbocycles. The lowest BCUT2D eigenvalue weighted by Crippen LogP contribution is -2.36. The highest BCUT2D eigenvalue weighted by Gasteiger charge is 2.47. The number of esters is 2. The Kier molecular flexibility index (Phi) is 14.1. The molecule has 1 atom stereocenters. The summed E-state index contributed by atoms with van der Waals surface area (Å²) in [6.45, 7) is 0.248. The maximum absolute atomic E-state index is 15.1. The summed E-state index contributed by atoms with van der Waals surface area (Å²) < 4.78 is 81.0. The number of carbonyl (C=O) groups is 4. The summed E-state index contributed by atoms with van der Waals surface area (Å²) in [4.78, 5) is 44.7. The normalized spacial score (nSPS) is 15.1. The number of unbranched alkanes of at least 4 members (excludes halogenated alkanes) is 1. The minimum Gasteiger partial charge on any atom is -0.478 e. The minimum absolute atomic E-state index is 0.00953. The molecule has 42 heavy (non-hydrogen) atoms. The third-order valence-corrected chi connectivity index (χ3v) is 5.84. The lowest BCUT2D eigenvalue weighted by atomic mass is 9.77. The van der Waals surface area contributed by atoms with Crippen molar-refractivity contribution in [2.45, 2.75) is 38.3 Å². The van der Waals surface area contributed by atoms with E-state index in [1.54, 1.807) is 0 Å². The minimum atomic E-state index is -5.17. The summed E-state index contributed by atoms with van der Waals surface area (Å²) >= 11 is 5.81. The molecular formula is C26H28ClF5N2O8. The van der Waals surface area contributed by atoms with Crippen molar-refractivity contribution in [2.24, 2.45) is 5.73 Å². The zero-order chi connectivity index (χ0) is 32.2. The predicted molar refractivity (Wildman–Crippen MR) is 138 cm³/mol. The first-order chi connectivity index (χ1) is 19.7. The second kappa shape index (κ2) is 16.5. The highest BCUT2D eigenvalue weighted by molar-refractivity contribution is 6.31. The first-order valence-electron chi connectivity index (χ1n) is 12.1. The molecule has 1 aromatic carbocycles. The molecular weight excluding hydrogens is 599 g/mol. The molecule has 0 aliphatic carbocycles. The summed E-state index contributed by atoms with van der Waals surface area (Å²) in [7, 11) is 0.922. The van der Waals surface area contributed by atoms with E-state index in [4.69, 9.17) is 32.3 Å². The van der Waals surface area contributed by atoms with Crippen molar-refractivity contribution in [3.63, 3.8) is 0 Å². The fourth-order valence-electron chi connectivity index (χ4n) is 3.93. The zero-order valence-corrected chi connectivity index (χ0v) is 23.1. The van der Waals surface area contributed by atoms with E-state index in [2.05, 4.69) is 10.1 Å². The Morgan fingerprint density at radius 3 is 2.07 bits per heavy atom. The summed E-state index contributed by atoms with van der Waals surface area (Å²) in [5.41, 5.74) is 1.17. The van der Waals surface area contributed by atoms with Crippen LogP contribution in [0.2, 0.25) is 5.02 Å². The molecule has 5 N–H and O–H groups in total. The second-order valence-corrected chi connectivity index (χ2v) is 8.67. The fourth-order valence-corrected chi connectivity index (χ4v) is 4.20. The molecule has 10 nitrogen and oxygen atoms in total. The van der Waals surface area contributed by atoms with Gasteiger partial charge in [0.15, 0.2) is 0 Å². The van der Waals surface area contributed by atoms with Crippen LogP contribution in [0.5, 0.6) is 0 Å². The van der Waals surface area contributed by atoms with Crippen molar-refractivity contribution < 1.29 is 60.8 Å². The zero-order valence-electron chi connectivity index (χ0n) is 22.3. The van der Waals surface area contributed by atoms with Crippen molar-refractivity contribution in [1.29, 1.82) is 0 Å². The lowest BCUT2D eigenvalue weighted by Gasteiger charge is -2.33. The Bertz CT molecular complexity index is 1260. The number of nitrogens with one attached hydrogen (secondary N) is 1. The summed E-state index contributed by atoms with van der Waals surface area (Å²) in [5, 5.41) is 17.4. The molecule has 232 valence electrons. The Balaban J connectivity index is 0.000000962. The van der Waals surface area contributed by atoms with E-state index < -0.39 is 81.5 Å². The van der Waals surface area contributed by atoms with Gasteiger partial charge in [-0.05, 0) is 44.9 Å². The third-order valence-electron chi connectivity index (χ3n) is 5.53. The van der Waals surface area contributed by atoms with Crippen molar-refractivity contribution >= 4 is 35.5 Å². The largest absolute Gasteiger partial charge is 0.478 e. The van der Waals surface area contributed by atoms with Crippen molar-refractivity contribution in [3.8, 4) is 0 Å². The molecule has 0 aromatic heterocycles. The molecule has 0 spiro atoms. The Morgan fingerprint density at radius 1 is 1.05 bits per heavy atom. The van der Waals surface area contributed by atoms with E-state index in [1.807, 2.05) is 0 Å². The van der Waals surface area contributed by atoms with Crippen LogP contribution in [0.25, 0.3) is 0 Å². The van der Waals surface area contributed by atoms with Crippen LogP contribution < -0.4 is 11.1 Å². The number of halogens is 6. The number of hydrogen-bond donors (Lipinski definition) is 4. The SMILES string of the molecule is CCOC(=O)C1=C(CCCCN)NC(CF)=C(C(=O)OC)C1c1c(F)ccc(Cl)c1C(F)(F)F.O=C(O)C=CC(=O)O. The standard InChI is InChI=1S/C22H24ClF5N2O4.C4H4O4/c1-3-34-21(32)16-13(6-4-5-9-29)30-14(10-24)17(20(31)33-2)18(16)15-12(25)8-7-11(23)19(15)22(26,27)28;5-3(6)1-2-4(7)8/h7-8,18,30H,3-6,9-10,29H2,1-2H3;1-2H,(H,5,6)(H,7,8). The maximum atomic E-state index is 15.1. The first-order valence-corrected chi connectivity index (χ1v) is 12.5. The number of dihydropyridines is 1. The van der Waals surface area contributed by atoms with E-state index in [-0.39, 0.29) is 25.3 Å². The Morgan fingerprint density at radius 2 is 1.62 bits per heavy atom. The van der Waals surface area contributed by atoms with Gasteiger partial charge in [-0.1, -0.05) is 11.6 Å². The van der Waals surface area contributed by atoms with Gasteiger partial charge in [-0.2, -0.15) is 13.2 Å². The van der Waals surface area contributed by atoms with Crippen LogP contribution in [0.1, 0.15) is 43.2 Å². The number of aliphatic carboxylic acids is 2.